The van der Waals surface area contributed by atoms with E-state index in [0.29, 0.717) is 12.8 Å². The molecule has 0 aromatic carbocycles. The van der Waals surface area contributed by atoms with Crippen LogP contribution in [0.2, 0.25) is 0 Å². The minimum atomic E-state index is -1.06. The SMILES string of the molecule is CCC(CC)(C(C)F)C(C)F. The second kappa shape index (κ2) is 4.03. The molecule has 2 atom stereocenters. The Bertz CT molecular complexity index is 94.1. The molecule has 0 aliphatic heterocycles. The molecule has 0 N–H and O–H groups in total. The van der Waals surface area contributed by atoms with Gasteiger partial charge in [-0.05, 0) is 26.7 Å². The lowest BCUT2D eigenvalue weighted by Gasteiger charge is -2.34. The molecule has 0 nitrogen and oxygen atoms in total. The number of alkyl halides is 2. The Morgan fingerprint density at radius 2 is 1.27 bits per heavy atom. The van der Waals surface area contributed by atoms with Crippen LogP contribution >= 0.6 is 0 Å². The summed E-state index contributed by atoms with van der Waals surface area (Å²) in [7, 11) is 0. The third-order valence-corrected chi connectivity index (χ3v) is 2.90. The fourth-order valence-corrected chi connectivity index (χ4v) is 1.69. The van der Waals surface area contributed by atoms with Gasteiger partial charge in [0.2, 0.25) is 0 Å². The van der Waals surface area contributed by atoms with Crippen molar-refractivity contribution in [2.24, 2.45) is 5.41 Å². The predicted molar refractivity (Wildman–Crippen MR) is 44.2 cm³/mol. The number of hydrogen-bond donors (Lipinski definition) is 0. The highest BCUT2D eigenvalue weighted by Crippen LogP contribution is 2.37. The summed E-state index contributed by atoms with van der Waals surface area (Å²) in [6.07, 6.45) is -0.979. The lowest BCUT2D eigenvalue weighted by atomic mass is 9.75. The molecular formula is C9H18F2. The average molecular weight is 164 g/mol. The molecule has 2 heteroatoms. The number of halogens is 2. The fraction of sp³-hybridized carbons (Fsp3) is 1.00. The highest BCUT2D eigenvalue weighted by atomic mass is 19.1. The van der Waals surface area contributed by atoms with E-state index in [1.54, 1.807) is 0 Å². The van der Waals surface area contributed by atoms with E-state index in [4.69, 9.17) is 0 Å². The van der Waals surface area contributed by atoms with Gasteiger partial charge in [-0.25, -0.2) is 8.78 Å². The normalized spacial score (nSPS) is 18.0. The van der Waals surface area contributed by atoms with Crippen LogP contribution in [0.1, 0.15) is 40.5 Å². The molecule has 0 aromatic heterocycles. The van der Waals surface area contributed by atoms with Crippen molar-refractivity contribution in [3.05, 3.63) is 0 Å². The summed E-state index contributed by atoms with van der Waals surface area (Å²) in [5.41, 5.74) is -0.750. The number of rotatable bonds is 4. The molecule has 0 radical (unpaired) electrons. The molecule has 0 bridgehead atoms. The van der Waals surface area contributed by atoms with E-state index in [-0.39, 0.29) is 0 Å². The maximum Gasteiger partial charge on any atom is 0.106 e. The molecule has 0 saturated carbocycles. The van der Waals surface area contributed by atoms with Gasteiger partial charge in [-0.3, -0.25) is 0 Å². The second-order valence-electron chi connectivity index (χ2n) is 3.17. The third-order valence-electron chi connectivity index (χ3n) is 2.90. The first kappa shape index (κ1) is 10.9. The molecule has 0 heterocycles. The maximum absolute atomic E-state index is 13.0. The van der Waals surface area contributed by atoms with Crippen LogP contribution in [0.3, 0.4) is 0 Å². The topological polar surface area (TPSA) is 0 Å². The van der Waals surface area contributed by atoms with Crippen molar-refractivity contribution in [2.45, 2.75) is 52.9 Å². The van der Waals surface area contributed by atoms with Gasteiger partial charge in [0, 0.05) is 5.41 Å². The van der Waals surface area contributed by atoms with Crippen molar-refractivity contribution in [3.63, 3.8) is 0 Å². The quantitative estimate of drug-likeness (QED) is 0.596. The van der Waals surface area contributed by atoms with Gasteiger partial charge in [0.15, 0.2) is 0 Å². The molecule has 2 unspecified atom stereocenters. The van der Waals surface area contributed by atoms with Crippen LogP contribution in [0.5, 0.6) is 0 Å². The molecule has 0 aliphatic rings. The summed E-state index contributed by atoms with van der Waals surface area (Å²) in [6.45, 7) is 6.58. The Hall–Kier alpha value is -0.140. The van der Waals surface area contributed by atoms with Crippen LogP contribution in [0.15, 0.2) is 0 Å². The zero-order valence-electron chi connectivity index (χ0n) is 7.82. The zero-order valence-corrected chi connectivity index (χ0v) is 7.82. The number of hydrogen-bond acceptors (Lipinski definition) is 0. The van der Waals surface area contributed by atoms with Crippen molar-refractivity contribution < 1.29 is 8.78 Å². The first-order valence-corrected chi connectivity index (χ1v) is 4.29. The molecule has 68 valence electrons. The van der Waals surface area contributed by atoms with Crippen molar-refractivity contribution in [3.8, 4) is 0 Å². The minimum absolute atomic E-state index is 0.568. The van der Waals surface area contributed by atoms with Gasteiger partial charge in [0.05, 0.1) is 0 Å². The summed E-state index contributed by atoms with van der Waals surface area (Å²) in [4.78, 5) is 0. The zero-order chi connectivity index (χ0) is 9.07. The van der Waals surface area contributed by atoms with Crippen LogP contribution < -0.4 is 0 Å². The second-order valence-corrected chi connectivity index (χ2v) is 3.17. The molecule has 0 amide bonds. The molecule has 0 rings (SSSR count). The molecule has 0 aliphatic carbocycles. The van der Waals surface area contributed by atoms with Gasteiger partial charge in [-0.1, -0.05) is 13.8 Å². The standard InChI is InChI=1S/C9H18F2/c1-5-9(6-2,7(3)10)8(4)11/h7-8H,5-6H2,1-4H3. The highest BCUT2D eigenvalue weighted by molar-refractivity contribution is 4.86. The first-order chi connectivity index (χ1) is 5.01. The molecule has 11 heavy (non-hydrogen) atoms. The molecule has 0 fully saturated rings. The highest BCUT2D eigenvalue weighted by Gasteiger charge is 2.38. The lowest BCUT2D eigenvalue weighted by Crippen LogP contribution is -2.37. The molecular weight excluding hydrogens is 146 g/mol. The van der Waals surface area contributed by atoms with Crippen molar-refractivity contribution in [1.29, 1.82) is 0 Å². The Morgan fingerprint density at radius 1 is 1.00 bits per heavy atom. The van der Waals surface area contributed by atoms with Gasteiger partial charge in [-0.15, -0.1) is 0 Å². The predicted octanol–water partition coefficient (Wildman–Crippen LogP) is 3.51. The molecule has 0 saturated heterocycles. The Labute approximate surface area is 68.0 Å². The summed E-state index contributed by atoms with van der Waals surface area (Å²) in [5.74, 6) is 0. The summed E-state index contributed by atoms with van der Waals surface area (Å²) >= 11 is 0. The Kier molecular flexibility index (Phi) is 3.98. The van der Waals surface area contributed by atoms with Crippen molar-refractivity contribution in [1.82, 2.24) is 0 Å². The monoisotopic (exact) mass is 164 g/mol. The lowest BCUT2D eigenvalue weighted by molar-refractivity contribution is 0.0247. The van der Waals surface area contributed by atoms with Gasteiger partial charge in [0.1, 0.15) is 12.3 Å². The Morgan fingerprint density at radius 3 is 1.27 bits per heavy atom. The molecule has 0 aromatic rings. The first-order valence-electron chi connectivity index (χ1n) is 4.29. The van der Waals surface area contributed by atoms with E-state index in [1.807, 2.05) is 13.8 Å². The Balaban J connectivity index is 4.46. The van der Waals surface area contributed by atoms with E-state index in [2.05, 4.69) is 0 Å². The summed E-state index contributed by atoms with van der Waals surface area (Å²) in [5, 5.41) is 0. The van der Waals surface area contributed by atoms with Gasteiger partial charge in [0.25, 0.3) is 0 Å². The van der Waals surface area contributed by atoms with Gasteiger partial charge >= 0.3 is 0 Å². The minimum Gasteiger partial charge on any atom is -0.247 e. The van der Waals surface area contributed by atoms with Crippen LogP contribution in [0.25, 0.3) is 0 Å². The van der Waals surface area contributed by atoms with Crippen LogP contribution in [0.4, 0.5) is 8.78 Å². The van der Waals surface area contributed by atoms with Crippen LogP contribution in [0, 0.1) is 5.41 Å². The van der Waals surface area contributed by atoms with Crippen molar-refractivity contribution in [2.75, 3.05) is 0 Å². The van der Waals surface area contributed by atoms with Crippen molar-refractivity contribution >= 4 is 0 Å². The largest absolute Gasteiger partial charge is 0.247 e. The third kappa shape index (κ3) is 1.91. The van der Waals surface area contributed by atoms with Gasteiger partial charge < -0.3 is 0 Å². The molecule has 0 spiro atoms. The van der Waals surface area contributed by atoms with Gasteiger partial charge in [-0.2, -0.15) is 0 Å². The van der Waals surface area contributed by atoms with E-state index < -0.39 is 17.8 Å². The van der Waals surface area contributed by atoms with E-state index in [9.17, 15) is 8.78 Å². The smallest absolute Gasteiger partial charge is 0.106 e. The summed E-state index contributed by atoms with van der Waals surface area (Å²) in [6, 6.07) is 0. The summed E-state index contributed by atoms with van der Waals surface area (Å²) < 4.78 is 26.1. The van der Waals surface area contributed by atoms with Crippen LogP contribution in [-0.2, 0) is 0 Å². The van der Waals surface area contributed by atoms with E-state index >= 15 is 0 Å². The fourth-order valence-electron chi connectivity index (χ4n) is 1.69. The maximum atomic E-state index is 13.0. The van der Waals surface area contributed by atoms with Crippen LogP contribution in [-0.4, -0.2) is 12.3 Å². The average Bonchev–Trinajstić information content (AvgIpc) is 1.90. The van der Waals surface area contributed by atoms with E-state index in [0.717, 1.165) is 0 Å². The van der Waals surface area contributed by atoms with E-state index in [1.165, 1.54) is 13.8 Å².